The Balaban J connectivity index is 1.76. The van der Waals surface area contributed by atoms with Crippen LogP contribution in [0.5, 0.6) is 0 Å². The molecular weight excluding hydrogens is 290 g/mol. The fraction of sp³-hybridized carbons (Fsp3) is 0.529. The molecule has 126 valence electrons. The fourth-order valence-corrected chi connectivity index (χ4v) is 2.85. The highest BCUT2D eigenvalue weighted by Gasteiger charge is 2.14. The summed E-state index contributed by atoms with van der Waals surface area (Å²) in [6, 6.07) is 5.28. The lowest BCUT2D eigenvalue weighted by molar-refractivity contribution is 0.559. The van der Waals surface area contributed by atoms with Crippen LogP contribution < -0.4 is 15.8 Å². The first-order valence-electron chi connectivity index (χ1n) is 8.06. The molecule has 2 heterocycles. The van der Waals surface area contributed by atoms with Crippen molar-refractivity contribution >= 4 is 5.82 Å². The Morgan fingerprint density at radius 1 is 1.26 bits per heavy atom. The zero-order chi connectivity index (χ0) is 16.8. The molecule has 2 rings (SSSR count). The van der Waals surface area contributed by atoms with E-state index in [0.29, 0.717) is 0 Å². The van der Waals surface area contributed by atoms with Gasteiger partial charge in [-0.1, -0.05) is 6.07 Å². The van der Waals surface area contributed by atoms with Gasteiger partial charge in [0.25, 0.3) is 0 Å². The van der Waals surface area contributed by atoms with Gasteiger partial charge in [0.1, 0.15) is 5.82 Å². The van der Waals surface area contributed by atoms with Gasteiger partial charge < -0.3 is 14.8 Å². The molecule has 0 aliphatic carbocycles. The van der Waals surface area contributed by atoms with E-state index >= 15 is 0 Å². The molecule has 0 bridgehead atoms. The van der Waals surface area contributed by atoms with Gasteiger partial charge in [-0.3, -0.25) is 9.48 Å². The molecule has 0 saturated heterocycles. The lowest BCUT2D eigenvalue weighted by Gasteiger charge is -2.15. The summed E-state index contributed by atoms with van der Waals surface area (Å²) in [6.45, 7) is 4.57. The summed E-state index contributed by atoms with van der Waals surface area (Å²) < 4.78 is 3.68. The Morgan fingerprint density at radius 2 is 2.04 bits per heavy atom. The summed E-state index contributed by atoms with van der Waals surface area (Å²) in [6.07, 6.45) is 3.87. The topological polar surface area (TPSA) is 55.1 Å². The van der Waals surface area contributed by atoms with E-state index < -0.39 is 0 Å². The maximum Gasteiger partial charge on any atom is 0.250 e. The molecule has 6 nitrogen and oxygen atoms in total. The fourth-order valence-electron chi connectivity index (χ4n) is 2.85. The zero-order valence-electron chi connectivity index (χ0n) is 14.5. The first-order valence-corrected chi connectivity index (χ1v) is 8.06. The van der Waals surface area contributed by atoms with Crippen LogP contribution in [0.3, 0.4) is 0 Å². The van der Waals surface area contributed by atoms with E-state index in [1.165, 1.54) is 5.56 Å². The van der Waals surface area contributed by atoms with Crippen LogP contribution in [-0.2, 0) is 20.1 Å². The molecule has 0 aromatic carbocycles. The van der Waals surface area contributed by atoms with Crippen molar-refractivity contribution in [1.29, 1.82) is 0 Å². The van der Waals surface area contributed by atoms with Crippen LogP contribution in [0.2, 0.25) is 0 Å². The van der Waals surface area contributed by atoms with Crippen LogP contribution in [-0.4, -0.2) is 35.0 Å². The molecule has 0 unspecified atom stereocenters. The molecule has 0 aliphatic rings. The number of hydrogen-bond acceptors (Lipinski definition) is 4. The molecule has 0 fully saturated rings. The summed E-state index contributed by atoms with van der Waals surface area (Å²) in [7, 11) is 6.05. The third-order valence-electron chi connectivity index (χ3n) is 3.94. The van der Waals surface area contributed by atoms with Crippen LogP contribution in [0.1, 0.15) is 24.1 Å². The summed E-state index contributed by atoms with van der Waals surface area (Å²) in [5.74, 6) is 1.14. The van der Waals surface area contributed by atoms with Crippen molar-refractivity contribution in [2.45, 2.75) is 32.9 Å². The van der Waals surface area contributed by atoms with Crippen molar-refractivity contribution in [3.63, 3.8) is 0 Å². The highest BCUT2D eigenvalue weighted by atomic mass is 16.1. The van der Waals surface area contributed by atoms with Crippen LogP contribution >= 0.6 is 0 Å². The van der Waals surface area contributed by atoms with E-state index in [1.807, 2.05) is 45.0 Å². The van der Waals surface area contributed by atoms with E-state index in [2.05, 4.69) is 15.3 Å². The van der Waals surface area contributed by atoms with Gasteiger partial charge in [0.05, 0.1) is 5.69 Å². The second kappa shape index (κ2) is 7.97. The van der Waals surface area contributed by atoms with Gasteiger partial charge in [-0.25, -0.2) is 0 Å². The molecule has 23 heavy (non-hydrogen) atoms. The maximum absolute atomic E-state index is 11.6. The van der Waals surface area contributed by atoms with Gasteiger partial charge in [0.15, 0.2) is 0 Å². The Bertz CT molecular complexity index is 687. The van der Waals surface area contributed by atoms with Gasteiger partial charge in [-0.15, -0.1) is 0 Å². The summed E-state index contributed by atoms with van der Waals surface area (Å²) in [5.41, 5.74) is 2.39. The molecule has 0 radical (unpaired) electrons. The van der Waals surface area contributed by atoms with Crippen molar-refractivity contribution in [2.24, 2.45) is 7.05 Å². The number of aromatic nitrogens is 3. The molecule has 1 N–H and O–H groups in total. The number of anilines is 1. The standard InChI is InChI=1S/C17H27N5O/c1-14-15(17(20(2)3)21(4)19-14)13-18-10-6-8-12-22-11-7-5-9-16(22)23/h5,7,9,11,18H,6,8,10,12-13H2,1-4H3. The molecule has 0 atom stereocenters. The van der Waals surface area contributed by atoms with E-state index in [0.717, 1.165) is 44.0 Å². The lowest BCUT2D eigenvalue weighted by Crippen LogP contribution is -2.21. The smallest absolute Gasteiger partial charge is 0.250 e. The molecule has 2 aromatic rings. The predicted molar refractivity (Wildman–Crippen MR) is 93.9 cm³/mol. The molecule has 0 aliphatic heterocycles. The number of nitrogens with zero attached hydrogens (tertiary/aromatic N) is 4. The Hall–Kier alpha value is -2.08. The Morgan fingerprint density at radius 3 is 2.74 bits per heavy atom. The average molecular weight is 317 g/mol. The normalized spacial score (nSPS) is 11.0. The third kappa shape index (κ3) is 4.45. The largest absolute Gasteiger partial charge is 0.363 e. The highest BCUT2D eigenvalue weighted by molar-refractivity contribution is 5.48. The van der Waals surface area contributed by atoms with E-state index in [9.17, 15) is 4.79 Å². The zero-order valence-corrected chi connectivity index (χ0v) is 14.5. The average Bonchev–Trinajstić information content (AvgIpc) is 2.78. The number of hydrogen-bond donors (Lipinski definition) is 1. The molecule has 0 saturated carbocycles. The second-order valence-electron chi connectivity index (χ2n) is 6.02. The molecule has 2 aromatic heterocycles. The second-order valence-corrected chi connectivity index (χ2v) is 6.02. The summed E-state index contributed by atoms with van der Waals surface area (Å²) >= 11 is 0. The van der Waals surface area contributed by atoms with E-state index in [-0.39, 0.29) is 5.56 Å². The third-order valence-corrected chi connectivity index (χ3v) is 3.94. The quantitative estimate of drug-likeness (QED) is 0.750. The molecule has 6 heteroatoms. The van der Waals surface area contributed by atoms with Crippen molar-refractivity contribution in [3.05, 3.63) is 46.0 Å². The van der Waals surface area contributed by atoms with Gasteiger partial charge >= 0.3 is 0 Å². The highest BCUT2D eigenvalue weighted by Crippen LogP contribution is 2.20. The number of aryl methyl sites for hydroxylation is 3. The monoisotopic (exact) mass is 317 g/mol. The Labute approximate surface area is 137 Å². The SMILES string of the molecule is Cc1nn(C)c(N(C)C)c1CNCCCCn1ccccc1=O. The first kappa shape index (κ1) is 17.3. The van der Waals surface area contributed by atoms with Gasteiger partial charge in [-0.2, -0.15) is 5.10 Å². The van der Waals surface area contributed by atoms with E-state index in [1.54, 1.807) is 16.7 Å². The summed E-state index contributed by atoms with van der Waals surface area (Å²) in [4.78, 5) is 13.7. The van der Waals surface area contributed by atoms with Gasteiger partial charge in [-0.05, 0) is 32.4 Å². The molecule has 0 amide bonds. The number of unbranched alkanes of at least 4 members (excludes halogenated alkanes) is 1. The van der Waals surface area contributed by atoms with Crippen LogP contribution in [0, 0.1) is 6.92 Å². The van der Waals surface area contributed by atoms with Crippen LogP contribution in [0.15, 0.2) is 29.2 Å². The van der Waals surface area contributed by atoms with Crippen LogP contribution in [0.25, 0.3) is 0 Å². The van der Waals surface area contributed by atoms with E-state index in [4.69, 9.17) is 0 Å². The lowest BCUT2D eigenvalue weighted by atomic mass is 10.2. The maximum atomic E-state index is 11.6. The minimum atomic E-state index is 0.0714. The minimum absolute atomic E-state index is 0.0714. The molecule has 0 spiro atoms. The number of pyridine rings is 1. The summed E-state index contributed by atoms with van der Waals surface area (Å²) in [5, 5.41) is 7.98. The number of rotatable bonds is 8. The predicted octanol–water partition coefficient (Wildman–Crippen LogP) is 1.53. The first-order chi connectivity index (χ1) is 11.0. The number of nitrogens with one attached hydrogen (secondary N) is 1. The van der Waals surface area contributed by atoms with Gasteiger partial charge in [0.2, 0.25) is 5.56 Å². The van der Waals surface area contributed by atoms with Gasteiger partial charge in [0, 0.05) is 52.1 Å². The van der Waals surface area contributed by atoms with Crippen molar-refractivity contribution in [1.82, 2.24) is 19.7 Å². The van der Waals surface area contributed by atoms with Crippen molar-refractivity contribution < 1.29 is 0 Å². The molecular formula is C17H27N5O. The minimum Gasteiger partial charge on any atom is -0.363 e. The Kier molecular flexibility index (Phi) is 5.98. The van der Waals surface area contributed by atoms with Crippen molar-refractivity contribution in [3.8, 4) is 0 Å². The van der Waals surface area contributed by atoms with Crippen molar-refractivity contribution in [2.75, 3.05) is 25.5 Å². The van der Waals surface area contributed by atoms with Crippen LogP contribution in [0.4, 0.5) is 5.82 Å².